The first-order chi connectivity index (χ1) is 14.8. The lowest BCUT2D eigenvalue weighted by molar-refractivity contribution is -0.124. The predicted octanol–water partition coefficient (Wildman–Crippen LogP) is 2.78. The van der Waals surface area contributed by atoms with E-state index in [1.54, 1.807) is 24.3 Å². The van der Waals surface area contributed by atoms with Crippen LogP contribution >= 0.6 is 11.8 Å². The highest BCUT2D eigenvalue weighted by atomic mass is 32.2. The second-order valence-electron chi connectivity index (χ2n) is 7.15. The number of hydrogen-bond donors (Lipinski definition) is 3. The van der Waals surface area contributed by atoms with E-state index in [9.17, 15) is 19.2 Å². The first kappa shape index (κ1) is 22.4. The molecule has 0 spiro atoms. The largest absolute Gasteiger partial charge is 0.376 e. The fourth-order valence-corrected chi connectivity index (χ4v) is 3.83. The van der Waals surface area contributed by atoms with Gasteiger partial charge in [0.1, 0.15) is 0 Å². The van der Waals surface area contributed by atoms with E-state index in [-0.39, 0.29) is 48.3 Å². The number of imide groups is 1. The Balaban J connectivity index is 1.44. The van der Waals surface area contributed by atoms with Crippen LogP contribution in [0.5, 0.6) is 0 Å². The van der Waals surface area contributed by atoms with Gasteiger partial charge in [-0.05, 0) is 49.7 Å². The normalized spacial score (nSPS) is 13.3. The molecule has 3 rings (SSSR count). The molecule has 0 unspecified atom stereocenters. The van der Waals surface area contributed by atoms with Crippen molar-refractivity contribution in [2.75, 3.05) is 36.0 Å². The Morgan fingerprint density at radius 2 is 1.81 bits per heavy atom. The van der Waals surface area contributed by atoms with Gasteiger partial charge in [-0.1, -0.05) is 29.5 Å². The molecule has 0 atom stereocenters. The van der Waals surface area contributed by atoms with Gasteiger partial charge in [-0.25, -0.2) is 0 Å². The molecule has 31 heavy (non-hydrogen) atoms. The molecule has 1 heterocycles. The number of thioether (sulfide) groups is 1. The minimum Gasteiger partial charge on any atom is -0.376 e. The molecule has 0 aromatic heterocycles. The molecule has 0 saturated carbocycles. The zero-order chi connectivity index (χ0) is 22.4. The highest BCUT2D eigenvalue weighted by Gasteiger charge is 2.29. The summed E-state index contributed by atoms with van der Waals surface area (Å²) < 4.78 is 0. The van der Waals surface area contributed by atoms with Crippen LogP contribution in [-0.2, 0) is 9.59 Å². The van der Waals surface area contributed by atoms with Gasteiger partial charge in [0, 0.05) is 30.0 Å². The lowest BCUT2D eigenvalue weighted by atomic mass is 10.1. The molecule has 0 radical (unpaired) electrons. The molecule has 1 aliphatic rings. The van der Waals surface area contributed by atoms with Crippen molar-refractivity contribution in [1.29, 1.82) is 0 Å². The summed E-state index contributed by atoms with van der Waals surface area (Å²) in [5, 5.41) is 8.29. The smallest absolute Gasteiger partial charge is 0.288 e. The Morgan fingerprint density at radius 1 is 1.06 bits per heavy atom. The standard InChI is InChI=1S/C22H24N4O4S/c1-14-3-8-18(15(2)11-14)24-12-19(27)25-17-6-4-16(5-7-17)21(29)23-9-10-26-20(28)13-31-22(26)30/h3-8,11,24H,9-10,12-13H2,1-2H3,(H,23,29)(H,25,27). The van der Waals surface area contributed by atoms with E-state index in [0.29, 0.717) is 11.3 Å². The van der Waals surface area contributed by atoms with Crippen LogP contribution in [0.2, 0.25) is 0 Å². The number of carbonyl (C=O) groups is 4. The molecule has 8 nitrogen and oxygen atoms in total. The zero-order valence-electron chi connectivity index (χ0n) is 17.4. The number of amides is 4. The number of carbonyl (C=O) groups excluding carboxylic acids is 4. The average molecular weight is 441 g/mol. The van der Waals surface area contributed by atoms with Crippen LogP contribution in [-0.4, -0.2) is 53.2 Å². The zero-order valence-corrected chi connectivity index (χ0v) is 18.2. The van der Waals surface area contributed by atoms with Gasteiger partial charge >= 0.3 is 0 Å². The predicted molar refractivity (Wildman–Crippen MR) is 121 cm³/mol. The molecule has 1 saturated heterocycles. The Morgan fingerprint density at radius 3 is 2.45 bits per heavy atom. The van der Waals surface area contributed by atoms with Gasteiger partial charge in [0.2, 0.25) is 11.8 Å². The summed E-state index contributed by atoms with van der Waals surface area (Å²) in [5.74, 6) is -0.604. The lowest BCUT2D eigenvalue weighted by Gasteiger charge is -2.13. The number of anilines is 2. The van der Waals surface area contributed by atoms with Crippen molar-refractivity contribution in [1.82, 2.24) is 10.2 Å². The number of hydrogen-bond acceptors (Lipinski definition) is 6. The van der Waals surface area contributed by atoms with Crippen LogP contribution < -0.4 is 16.0 Å². The Kier molecular flexibility index (Phi) is 7.30. The molecular formula is C22H24N4O4S. The van der Waals surface area contributed by atoms with E-state index in [1.807, 2.05) is 32.0 Å². The second kappa shape index (κ2) is 10.1. The summed E-state index contributed by atoms with van der Waals surface area (Å²) in [6.45, 7) is 4.45. The second-order valence-corrected chi connectivity index (χ2v) is 8.08. The number of nitrogens with zero attached hydrogens (tertiary/aromatic N) is 1. The molecule has 1 fully saturated rings. The Labute approximate surface area is 184 Å². The summed E-state index contributed by atoms with van der Waals surface area (Å²) in [6, 6.07) is 12.5. The highest BCUT2D eigenvalue weighted by Crippen LogP contribution is 2.18. The molecule has 0 aliphatic carbocycles. The maximum absolute atomic E-state index is 12.2. The average Bonchev–Trinajstić information content (AvgIpc) is 3.05. The quantitative estimate of drug-likeness (QED) is 0.583. The number of nitrogens with one attached hydrogen (secondary N) is 3. The third kappa shape index (κ3) is 6.08. The number of aryl methyl sites for hydroxylation is 2. The molecule has 162 valence electrons. The van der Waals surface area contributed by atoms with Crippen molar-refractivity contribution in [3.8, 4) is 0 Å². The van der Waals surface area contributed by atoms with Crippen LogP contribution in [0.25, 0.3) is 0 Å². The maximum atomic E-state index is 12.2. The Bertz CT molecular complexity index is 991. The van der Waals surface area contributed by atoms with E-state index >= 15 is 0 Å². The van der Waals surface area contributed by atoms with E-state index in [4.69, 9.17) is 0 Å². The van der Waals surface area contributed by atoms with E-state index in [2.05, 4.69) is 16.0 Å². The third-order valence-corrected chi connectivity index (χ3v) is 5.57. The SMILES string of the molecule is Cc1ccc(NCC(=O)Nc2ccc(C(=O)NCCN3C(=O)CSC3=O)cc2)c(C)c1. The third-order valence-electron chi connectivity index (χ3n) is 4.71. The summed E-state index contributed by atoms with van der Waals surface area (Å²) >= 11 is 0.964. The van der Waals surface area contributed by atoms with Gasteiger partial charge in [0.05, 0.1) is 12.3 Å². The topological polar surface area (TPSA) is 108 Å². The minimum absolute atomic E-state index is 0.123. The minimum atomic E-state index is -0.318. The van der Waals surface area contributed by atoms with Crippen molar-refractivity contribution in [2.45, 2.75) is 13.8 Å². The van der Waals surface area contributed by atoms with Gasteiger partial charge in [-0.2, -0.15) is 0 Å². The molecule has 9 heteroatoms. The van der Waals surface area contributed by atoms with Crippen molar-refractivity contribution >= 4 is 46.1 Å². The lowest BCUT2D eigenvalue weighted by Crippen LogP contribution is -2.37. The van der Waals surface area contributed by atoms with Crippen LogP contribution in [0.3, 0.4) is 0 Å². The van der Waals surface area contributed by atoms with Crippen LogP contribution in [0.1, 0.15) is 21.5 Å². The van der Waals surface area contributed by atoms with Gasteiger partial charge < -0.3 is 16.0 Å². The van der Waals surface area contributed by atoms with E-state index in [1.165, 1.54) is 0 Å². The molecule has 0 bridgehead atoms. The van der Waals surface area contributed by atoms with E-state index < -0.39 is 0 Å². The first-order valence-corrected chi connectivity index (χ1v) is 10.8. The van der Waals surface area contributed by atoms with Gasteiger partial charge in [0.15, 0.2) is 0 Å². The molecule has 1 aliphatic heterocycles. The van der Waals surface area contributed by atoms with Gasteiger partial charge in [0.25, 0.3) is 11.1 Å². The van der Waals surface area contributed by atoms with Crippen molar-refractivity contribution < 1.29 is 19.2 Å². The highest BCUT2D eigenvalue weighted by molar-refractivity contribution is 8.14. The molecular weight excluding hydrogens is 416 g/mol. The molecule has 2 aromatic rings. The van der Waals surface area contributed by atoms with Crippen molar-refractivity contribution in [2.24, 2.45) is 0 Å². The fraction of sp³-hybridized carbons (Fsp3) is 0.273. The van der Waals surface area contributed by atoms with Gasteiger partial charge in [-0.3, -0.25) is 24.1 Å². The monoisotopic (exact) mass is 440 g/mol. The van der Waals surface area contributed by atoms with Crippen LogP contribution in [0.15, 0.2) is 42.5 Å². The van der Waals surface area contributed by atoms with Crippen LogP contribution in [0.4, 0.5) is 16.2 Å². The molecule has 3 N–H and O–H groups in total. The van der Waals surface area contributed by atoms with Crippen LogP contribution in [0, 0.1) is 13.8 Å². The number of benzene rings is 2. The summed E-state index contributed by atoms with van der Waals surface area (Å²) in [5.41, 5.74) is 4.13. The van der Waals surface area contributed by atoms with Gasteiger partial charge in [-0.15, -0.1) is 0 Å². The maximum Gasteiger partial charge on any atom is 0.288 e. The first-order valence-electron chi connectivity index (χ1n) is 9.80. The summed E-state index contributed by atoms with van der Waals surface area (Å²) in [7, 11) is 0. The van der Waals surface area contributed by atoms with E-state index in [0.717, 1.165) is 33.5 Å². The number of rotatable bonds is 8. The molecule has 4 amide bonds. The Hall–Kier alpha value is -3.33. The molecule has 2 aromatic carbocycles. The van der Waals surface area contributed by atoms with Crippen molar-refractivity contribution in [3.63, 3.8) is 0 Å². The fourth-order valence-electron chi connectivity index (χ4n) is 3.08. The van der Waals surface area contributed by atoms with Crippen molar-refractivity contribution in [3.05, 3.63) is 59.2 Å². The summed E-state index contributed by atoms with van der Waals surface area (Å²) in [6.07, 6.45) is 0. The summed E-state index contributed by atoms with van der Waals surface area (Å²) in [4.78, 5) is 48.6.